The van der Waals surface area contributed by atoms with Gasteiger partial charge in [-0.05, 0) is 107 Å². The summed E-state index contributed by atoms with van der Waals surface area (Å²) in [4.78, 5) is 83.0. The maximum atomic E-state index is 14.5. The van der Waals surface area contributed by atoms with Gasteiger partial charge >= 0.3 is 5.97 Å². The van der Waals surface area contributed by atoms with E-state index in [1.165, 1.54) is 7.11 Å². The number of Topliss-reactive ketones (excluding diaryl/α,β-unsaturated/α-hetero) is 3. The van der Waals surface area contributed by atoms with Crippen molar-refractivity contribution in [1.29, 1.82) is 0 Å². The normalized spacial score (nSPS) is 38.1. The molecule has 404 valence electrons. The van der Waals surface area contributed by atoms with E-state index in [4.69, 9.17) is 30.4 Å². The molecule has 72 heavy (non-hydrogen) atoms. The van der Waals surface area contributed by atoms with Gasteiger partial charge < -0.3 is 55.5 Å². The summed E-state index contributed by atoms with van der Waals surface area (Å²) in [5.41, 5.74) is 13.5. The van der Waals surface area contributed by atoms with Gasteiger partial charge in [0.2, 0.25) is 11.7 Å². The van der Waals surface area contributed by atoms with E-state index >= 15 is 0 Å². The second kappa shape index (κ2) is 27.6. The Labute approximate surface area is 427 Å². The molecular formula is C54H86N6O12. The lowest BCUT2D eigenvalue weighted by Crippen LogP contribution is -2.61. The first-order chi connectivity index (χ1) is 33.9. The molecule has 0 aromatic heterocycles. The lowest BCUT2D eigenvalue weighted by Gasteiger charge is -2.42. The van der Waals surface area contributed by atoms with Crippen molar-refractivity contribution in [3.63, 3.8) is 0 Å². The summed E-state index contributed by atoms with van der Waals surface area (Å²) < 4.78 is 23.7. The van der Waals surface area contributed by atoms with Gasteiger partial charge in [0.05, 0.1) is 24.4 Å². The van der Waals surface area contributed by atoms with Crippen LogP contribution in [0.15, 0.2) is 57.6 Å². The Hall–Kier alpha value is -4.59. The zero-order valence-corrected chi connectivity index (χ0v) is 44.7. The van der Waals surface area contributed by atoms with E-state index in [1.54, 1.807) is 59.9 Å². The van der Waals surface area contributed by atoms with Gasteiger partial charge in [-0.3, -0.25) is 19.2 Å². The quantitative estimate of drug-likeness (QED) is 0.0792. The molecule has 3 fully saturated rings. The van der Waals surface area contributed by atoms with Crippen LogP contribution in [0.3, 0.4) is 0 Å². The number of fused-ring (bicyclic) bond motifs is 3. The molecule has 1 unspecified atom stereocenters. The van der Waals surface area contributed by atoms with Crippen LogP contribution in [-0.2, 0) is 42.9 Å². The standard InChI is InChI=1S/C54H86N6O12/c1-31-17-13-12-14-18-32(2)40(57-52(55)58-53(56)59(8)9)29-39-22-20-37(7)54(68,72-39)49(65)50(66)60-24-16-15-19-41(60)51(67)71-44(34(4)27-38-21-23-42(61)45(28-38)69-10)30-43(62)33(3)26-36(6)47(64)48(70-11)46(63)35(5)25-31/h12-14,17-18,26,31,33-35,37-42,44-45,47-48,61,64,68H,15-16,19-25,27-30H2,1-11H3,(H4,55,56,57,58)/b14-12+,17-13+,32-18+,36-26+/t31-,33-,34-,35-,37-,38+,39+,40?,41+,42-,44+,45-,47-,48+,54-/m1/s1. The Morgan fingerprint density at radius 3 is 2.29 bits per heavy atom. The number of aliphatic hydroxyl groups excluding tert-OH is 2. The first-order valence-electron chi connectivity index (χ1n) is 25.9. The number of hydrogen-bond acceptors (Lipinski definition) is 13. The summed E-state index contributed by atoms with van der Waals surface area (Å²) in [6.45, 7) is 12.5. The number of amides is 1. The zero-order valence-electron chi connectivity index (χ0n) is 44.7. The number of methoxy groups -OCH3 is 2. The fourth-order valence-corrected chi connectivity index (χ4v) is 10.4. The van der Waals surface area contributed by atoms with Crippen molar-refractivity contribution >= 4 is 41.1 Å². The highest BCUT2D eigenvalue weighted by Gasteiger charge is 2.53. The molecule has 3 heterocycles. The summed E-state index contributed by atoms with van der Waals surface area (Å²) in [5, 5.41) is 34.2. The minimum absolute atomic E-state index is 0.0358. The average molecular weight is 1010 g/mol. The molecule has 2 bridgehead atoms. The first-order valence-corrected chi connectivity index (χ1v) is 25.9. The number of esters is 1. The number of aliphatic hydroxyl groups is 3. The number of ether oxygens (including phenoxy) is 4. The molecular weight excluding hydrogens is 925 g/mol. The number of piperidine rings is 1. The molecule has 18 nitrogen and oxygen atoms in total. The second-order valence-electron chi connectivity index (χ2n) is 21.2. The van der Waals surface area contributed by atoms with Crippen LogP contribution < -0.4 is 11.5 Å². The molecule has 18 heteroatoms. The van der Waals surface area contributed by atoms with Gasteiger partial charge in [0.25, 0.3) is 11.7 Å². The van der Waals surface area contributed by atoms with Crippen molar-refractivity contribution in [2.24, 2.45) is 57.0 Å². The number of aliphatic imine (C=N–C) groups is 2. The number of hydrogen-bond donors (Lipinski definition) is 5. The van der Waals surface area contributed by atoms with Crippen molar-refractivity contribution in [3.05, 3.63) is 47.6 Å². The van der Waals surface area contributed by atoms with Gasteiger partial charge in [-0.25, -0.2) is 9.79 Å². The van der Waals surface area contributed by atoms with E-state index in [1.807, 2.05) is 51.2 Å². The largest absolute Gasteiger partial charge is 0.460 e. The van der Waals surface area contributed by atoms with Crippen LogP contribution in [-0.4, -0.2) is 156 Å². The fourth-order valence-electron chi connectivity index (χ4n) is 10.4. The summed E-state index contributed by atoms with van der Waals surface area (Å²) in [5.74, 6) is -8.46. The third-order valence-electron chi connectivity index (χ3n) is 15.2. The topological polar surface area (TPSA) is 266 Å². The zero-order chi connectivity index (χ0) is 53.6. The number of guanidine groups is 2. The molecule has 0 radical (unpaired) electrons. The summed E-state index contributed by atoms with van der Waals surface area (Å²) in [7, 11) is 6.35. The highest BCUT2D eigenvalue weighted by atomic mass is 16.6. The third kappa shape index (κ3) is 16.2. The number of nitrogens with two attached hydrogens (primary N) is 2. The Bertz CT molecular complexity index is 2070. The molecule has 1 aliphatic carbocycles. The van der Waals surface area contributed by atoms with Gasteiger partial charge in [-0.2, -0.15) is 4.99 Å². The third-order valence-corrected chi connectivity index (χ3v) is 15.2. The van der Waals surface area contributed by atoms with Crippen molar-refractivity contribution in [3.8, 4) is 0 Å². The minimum atomic E-state index is -2.53. The van der Waals surface area contributed by atoms with Crippen LogP contribution in [0.4, 0.5) is 0 Å². The van der Waals surface area contributed by atoms with E-state index in [-0.39, 0.29) is 73.2 Å². The Kier molecular flexibility index (Phi) is 23.0. The van der Waals surface area contributed by atoms with Crippen molar-refractivity contribution in [2.45, 2.75) is 180 Å². The van der Waals surface area contributed by atoms with Gasteiger partial charge in [0.1, 0.15) is 30.1 Å². The van der Waals surface area contributed by atoms with Crippen LogP contribution in [0.1, 0.15) is 126 Å². The van der Waals surface area contributed by atoms with Crippen LogP contribution in [0.2, 0.25) is 0 Å². The van der Waals surface area contributed by atoms with Crippen molar-refractivity contribution < 1.29 is 58.2 Å². The highest BCUT2D eigenvalue weighted by molar-refractivity contribution is 6.39. The van der Waals surface area contributed by atoms with E-state index in [0.29, 0.717) is 63.4 Å². The number of nitrogens with zero attached hydrogens (tertiary/aromatic N) is 4. The molecule has 1 saturated carbocycles. The van der Waals surface area contributed by atoms with E-state index in [2.05, 4.69) is 9.98 Å². The van der Waals surface area contributed by atoms with Crippen molar-refractivity contribution in [1.82, 2.24) is 9.80 Å². The summed E-state index contributed by atoms with van der Waals surface area (Å²) in [6, 6.07) is -1.85. The van der Waals surface area contributed by atoms with E-state index in [0.717, 1.165) is 10.5 Å². The minimum Gasteiger partial charge on any atom is -0.460 e. The molecule has 4 aliphatic rings. The van der Waals surface area contributed by atoms with E-state index < -0.39 is 83.8 Å². The number of carbonyl (C=O) groups is 5. The Morgan fingerprint density at radius 2 is 1.62 bits per heavy atom. The monoisotopic (exact) mass is 1010 g/mol. The number of carbonyl (C=O) groups excluding carboxylic acids is 5. The maximum Gasteiger partial charge on any atom is 0.329 e. The van der Waals surface area contributed by atoms with Crippen molar-refractivity contribution in [2.75, 3.05) is 34.9 Å². The second-order valence-corrected chi connectivity index (χ2v) is 21.2. The molecule has 0 spiro atoms. The average Bonchev–Trinajstić information content (AvgIpc) is 3.34. The SMILES string of the molecule is CO[C@@H]1C[C@H](C[C@@H](C)[C@@H]2CC(=O)[C@H](C)/C=C(\C)[C@@H](O)[C@@H](OC)C(=O)[C@H](C)C[C@H](C)/C=C/C=C/C=C(\C)C(N=C(N)N=C(N)N(C)C)C[C@@H]3CC[C@@H](C)[C@@](O)(O3)C(=O)C(=O)N3CCCC[C@H]3C(=O)O2)CC[C@H]1O. The van der Waals surface area contributed by atoms with E-state index in [9.17, 15) is 39.3 Å². The molecule has 1 amide bonds. The Morgan fingerprint density at radius 1 is 0.917 bits per heavy atom. The smallest absolute Gasteiger partial charge is 0.329 e. The maximum absolute atomic E-state index is 14.5. The van der Waals surface area contributed by atoms with Crippen LogP contribution in [0.5, 0.6) is 0 Å². The lowest BCUT2D eigenvalue weighted by molar-refractivity contribution is -0.263. The number of allylic oxidation sites excluding steroid dienone is 6. The van der Waals surface area contributed by atoms with Gasteiger partial charge in [0, 0.05) is 65.5 Å². The van der Waals surface area contributed by atoms with Crippen LogP contribution >= 0.6 is 0 Å². The number of cyclic esters (lactones) is 1. The number of ketones is 3. The molecule has 0 aromatic rings. The molecule has 4 rings (SSSR count). The predicted molar refractivity (Wildman–Crippen MR) is 275 cm³/mol. The number of rotatable bonds is 6. The Balaban J connectivity index is 1.76. The molecule has 3 aliphatic heterocycles. The van der Waals surface area contributed by atoms with Crippen LogP contribution in [0.25, 0.3) is 0 Å². The molecule has 2 saturated heterocycles. The lowest BCUT2D eigenvalue weighted by atomic mass is 9.78. The van der Waals surface area contributed by atoms with Gasteiger partial charge in [0.15, 0.2) is 11.7 Å². The summed E-state index contributed by atoms with van der Waals surface area (Å²) in [6.07, 6.45) is 10.5. The molecule has 7 N–H and O–H groups in total. The highest BCUT2D eigenvalue weighted by Crippen LogP contribution is 2.38. The van der Waals surface area contributed by atoms with Gasteiger partial charge in [-0.15, -0.1) is 0 Å². The summed E-state index contributed by atoms with van der Waals surface area (Å²) >= 11 is 0. The van der Waals surface area contributed by atoms with Gasteiger partial charge in [-0.1, -0.05) is 71.1 Å². The first kappa shape index (κ1) is 60.0. The predicted octanol–water partition coefficient (Wildman–Crippen LogP) is 4.73. The molecule has 0 aromatic carbocycles. The van der Waals surface area contributed by atoms with Crippen LogP contribution in [0, 0.1) is 35.5 Å². The fraction of sp³-hybridized carbons (Fsp3) is 0.722. The molecule has 15 atom stereocenters.